The average molecular weight is 302 g/mol. The van der Waals surface area contributed by atoms with Crippen LogP contribution in [-0.2, 0) is 9.31 Å². The van der Waals surface area contributed by atoms with Crippen LogP contribution in [0, 0.1) is 17.1 Å². The van der Waals surface area contributed by atoms with E-state index in [9.17, 15) is 4.39 Å². The zero-order valence-electron chi connectivity index (χ0n) is 13.3. The molecule has 1 aromatic rings. The van der Waals surface area contributed by atoms with Crippen LogP contribution in [0.15, 0.2) is 23.7 Å². The van der Waals surface area contributed by atoms with Crippen LogP contribution in [0.4, 0.5) is 4.39 Å². The number of hydrogen-bond donors (Lipinski definition) is 1. The highest BCUT2D eigenvalue weighted by Crippen LogP contribution is 2.38. The largest absolute Gasteiger partial charge is 0.491 e. The van der Waals surface area contributed by atoms with Gasteiger partial charge in [0.1, 0.15) is 5.82 Å². The molecule has 6 heteroatoms. The second-order valence-electron chi connectivity index (χ2n) is 6.36. The summed E-state index contributed by atoms with van der Waals surface area (Å²) >= 11 is 0. The van der Waals surface area contributed by atoms with Crippen molar-refractivity contribution in [2.75, 3.05) is 6.54 Å². The summed E-state index contributed by atoms with van der Waals surface area (Å²) in [4.78, 5) is 0. The molecule has 0 aliphatic carbocycles. The second kappa shape index (κ2) is 5.84. The number of benzene rings is 1. The summed E-state index contributed by atoms with van der Waals surface area (Å²) in [7, 11) is -0.577. The maximum atomic E-state index is 13.2. The summed E-state index contributed by atoms with van der Waals surface area (Å²) in [5, 5.41) is 9.12. The molecule has 0 saturated carbocycles. The minimum absolute atomic E-state index is 0.221. The first kappa shape index (κ1) is 16.7. The maximum absolute atomic E-state index is 13.2. The van der Waals surface area contributed by atoms with Crippen LogP contribution in [0.5, 0.6) is 0 Å². The molecule has 4 nitrogen and oxygen atoms in total. The zero-order chi connectivity index (χ0) is 16.5. The van der Waals surface area contributed by atoms with Gasteiger partial charge in [0, 0.05) is 6.54 Å². The number of rotatable bonds is 3. The van der Waals surface area contributed by atoms with Crippen molar-refractivity contribution in [3.63, 3.8) is 0 Å². The molecule has 0 radical (unpaired) electrons. The Balaban J connectivity index is 2.36. The smallest absolute Gasteiger partial charge is 0.400 e. The average Bonchev–Trinajstić information content (AvgIpc) is 2.65. The first-order chi connectivity index (χ1) is 10.2. The van der Waals surface area contributed by atoms with Crippen molar-refractivity contribution in [1.29, 1.82) is 5.26 Å². The van der Waals surface area contributed by atoms with Crippen LogP contribution >= 0.6 is 0 Å². The number of halogens is 1. The van der Waals surface area contributed by atoms with Crippen molar-refractivity contribution in [2.24, 2.45) is 5.73 Å². The Bertz CT molecular complexity index is 634. The van der Waals surface area contributed by atoms with Crippen molar-refractivity contribution in [3.05, 3.63) is 40.6 Å². The third-order valence-corrected chi connectivity index (χ3v) is 4.27. The van der Waals surface area contributed by atoms with Gasteiger partial charge in [0.05, 0.1) is 22.8 Å². The first-order valence-electron chi connectivity index (χ1n) is 7.16. The van der Waals surface area contributed by atoms with E-state index in [2.05, 4.69) is 0 Å². The Morgan fingerprint density at radius 2 is 1.91 bits per heavy atom. The van der Waals surface area contributed by atoms with Crippen LogP contribution in [0.2, 0.25) is 0 Å². The van der Waals surface area contributed by atoms with Gasteiger partial charge in [0.15, 0.2) is 0 Å². The van der Waals surface area contributed by atoms with E-state index < -0.39 is 24.1 Å². The van der Waals surface area contributed by atoms with Gasteiger partial charge < -0.3 is 15.0 Å². The SMILES string of the molecule is CC1(C)OB(C(=Cc2ccc(F)cc2C#N)CN)OC1(C)C. The monoisotopic (exact) mass is 302 g/mol. The standard InChI is InChI=1S/C16H20BFN2O2/c1-15(2)16(3,4)22-17(21-15)13(10-20)7-11-5-6-14(18)8-12(11)9-19/h5-8H,10,20H2,1-4H3. The van der Waals surface area contributed by atoms with Crippen LogP contribution in [0.25, 0.3) is 6.08 Å². The zero-order valence-corrected chi connectivity index (χ0v) is 13.3. The molecule has 0 spiro atoms. The van der Waals surface area contributed by atoms with Gasteiger partial charge in [-0.05, 0) is 50.9 Å². The molecule has 0 aromatic heterocycles. The molecule has 22 heavy (non-hydrogen) atoms. The number of nitrogens with zero attached hydrogens (tertiary/aromatic N) is 1. The maximum Gasteiger partial charge on any atom is 0.491 e. The van der Waals surface area contributed by atoms with Crippen molar-refractivity contribution in [2.45, 2.75) is 38.9 Å². The molecule has 0 amide bonds. The molecule has 2 rings (SSSR count). The Labute approximate surface area is 130 Å². The summed E-state index contributed by atoms with van der Waals surface area (Å²) in [6.07, 6.45) is 1.74. The Morgan fingerprint density at radius 1 is 1.32 bits per heavy atom. The molecule has 0 unspecified atom stereocenters. The van der Waals surface area contributed by atoms with E-state index in [1.54, 1.807) is 12.1 Å². The molecule has 116 valence electrons. The van der Waals surface area contributed by atoms with E-state index >= 15 is 0 Å². The molecular weight excluding hydrogens is 282 g/mol. The lowest BCUT2D eigenvalue weighted by Gasteiger charge is -2.32. The molecule has 1 aromatic carbocycles. The topological polar surface area (TPSA) is 68.3 Å². The summed E-state index contributed by atoms with van der Waals surface area (Å²) < 4.78 is 25.1. The third-order valence-electron chi connectivity index (χ3n) is 4.27. The van der Waals surface area contributed by atoms with Gasteiger partial charge in [-0.25, -0.2) is 4.39 Å². The third kappa shape index (κ3) is 3.07. The number of nitriles is 1. The molecule has 1 aliphatic rings. The normalized spacial score (nSPS) is 20.0. The second-order valence-corrected chi connectivity index (χ2v) is 6.36. The lowest BCUT2D eigenvalue weighted by atomic mass is 9.77. The molecule has 0 atom stereocenters. The quantitative estimate of drug-likeness (QED) is 0.872. The van der Waals surface area contributed by atoms with Crippen molar-refractivity contribution in [3.8, 4) is 6.07 Å². The van der Waals surface area contributed by atoms with Crippen LogP contribution in [0.3, 0.4) is 0 Å². The fraction of sp³-hybridized carbons (Fsp3) is 0.438. The van der Waals surface area contributed by atoms with Crippen LogP contribution in [0.1, 0.15) is 38.8 Å². The molecule has 2 N–H and O–H groups in total. The molecule has 1 aliphatic heterocycles. The van der Waals surface area contributed by atoms with Gasteiger partial charge in [0.2, 0.25) is 0 Å². The van der Waals surface area contributed by atoms with E-state index in [0.29, 0.717) is 11.0 Å². The number of hydrogen-bond acceptors (Lipinski definition) is 4. The van der Waals surface area contributed by atoms with Crippen molar-refractivity contribution >= 4 is 13.2 Å². The lowest BCUT2D eigenvalue weighted by molar-refractivity contribution is 0.00578. The Morgan fingerprint density at radius 3 is 2.41 bits per heavy atom. The molecule has 0 bridgehead atoms. The van der Waals surface area contributed by atoms with Crippen LogP contribution in [-0.4, -0.2) is 24.9 Å². The number of nitrogens with two attached hydrogens (primary N) is 1. The van der Waals surface area contributed by atoms with Gasteiger partial charge >= 0.3 is 7.12 Å². The molecule has 1 fully saturated rings. The van der Waals surface area contributed by atoms with Gasteiger partial charge in [0.25, 0.3) is 0 Å². The van der Waals surface area contributed by atoms with E-state index in [1.165, 1.54) is 12.1 Å². The fourth-order valence-electron chi connectivity index (χ4n) is 2.17. The Kier molecular flexibility index (Phi) is 4.43. The molecule has 1 heterocycles. The van der Waals surface area contributed by atoms with E-state index in [4.69, 9.17) is 20.3 Å². The molecular formula is C16H20BFN2O2. The van der Waals surface area contributed by atoms with Crippen molar-refractivity contribution in [1.82, 2.24) is 0 Å². The van der Waals surface area contributed by atoms with Gasteiger partial charge in [-0.1, -0.05) is 12.1 Å². The summed E-state index contributed by atoms with van der Waals surface area (Å²) in [5.74, 6) is -0.446. The van der Waals surface area contributed by atoms with Gasteiger partial charge in [-0.3, -0.25) is 0 Å². The van der Waals surface area contributed by atoms with Gasteiger partial charge in [-0.15, -0.1) is 0 Å². The minimum Gasteiger partial charge on any atom is -0.400 e. The minimum atomic E-state index is -0.577. The predicted molar refractivity (Wildman–Crippen MR) is 84.2 cm³/mol. The fourth-order valence-corrected chi connectivity index (χ4v) is 2.17. The summed E-state index contributed by atoms with van der Waals surface area (Å²) in [6, 6.07) is 6.04. The van der Waals surface area contributed by atoms with Crippen molar-refractivity contribution < 1.29 is 13.7 Å². The van der Waals surface area contributed by atoms with Gasteiger partial charge in [-0.2, -0.15) is 5.26 Å². The summed E-state index contributed by atoms with van der Waals surface area (Å²) in [5.41, 5.74) is 6.44. The predicted octanol–water partition coefficient (Wildman–Crippen LogP) is 2.67. The highest BCUT2D eigenvalue weighted by molar-refractivity contribution is 6.55. The van der Waals surface area contributed by atoms with E-state index in [0.717, 1.165) is 0 Å². The van der Waals surface area contributed by atoms with E-state index in [-0.39, 0.29) is 12.1 Å². The first-order valence-corrected chi connectivity index (χ1v) is 7.16. The van der Waals surface area contributed by atoms with E-state index in [1.807, 2.05) is 33.8 Å². The lowest BCUT2D eigenvalue weighted by Crippen LogP contribution is -2.41. The summed E-state index contributed by atoms with van der Waals surface area (Å²) in [6.45, 7) is 8.05. The highest BCUT2D eigenvalue weighted by atomic mass is 19.1. The highest BCUT2D eigenvalue weighted by Gasteiger charge is 2.52. The van der Waals surface area contributed by atoms with Crippen LogP contribution < -0.4 is 5.73 Å². The molecule has 1 saturated heterocycles. The Hall–Kier alpha value is -1.68.